The molecule has 3 N–H and O–H groups in total. The van der Waals surface area contributed by atoms with Crippen LogP contribution in [0.25, 0.3) is 0 Å². The van der Waals surface area contributed by atoms with E-state index in [-0.39, 0.29) is 0 Å². The number of rotatable bonds is 4. The van der Waals surface area contributed by atoms with Gasteiger partial charge in [-0.25, -0.2) is 0 Å². The quantitative estimate of drug-likeness (QED) is 0.736. The fraction of sp³-hybridized carbons (Fsp3) is 0.400. The van der Waals surface area contributed by atoms with E-state index in [2.05, 4.69) is 5.73 Å². The number of hydrogen-bond donors (Lipinski definition) is 1. The molecule has 0 aromatic heterocycles. The van der Waals surface area contributed by atoms with Crippen LogP contribution in [0.4, 0.5) is 0 Å². The third kappa shape index (κ3) is 2.36. The first-order chi connectivity index (χ1) is 6.31. The van der Waals surface area contributed by atoms with Gasteiger partial charge in [0.2, 0.25) is 0 Å². The molecule has 0 heterocycles. The molecule has 13 heavy (non-hydrogen) atoms. The van der Waals surface area contributed by atoms with E-state index in [0.717, 1.165) is 24.5 Å². The zero-order chi connectivity index (χ0) is 9.68. The zero-order valence-electron chi connectivity index (χ0n) is 8.17. The SMILES string of the molecule is COc1ccc(CC[NH3+])c(OC)c1. The highest BCUT2D eigenvalue weighted by Crippen LogP contribution is 2.24. The van der Waals surface area contributed by atoms with Crippen LogP contribution in [0.2, 0.25) is 0 Å². The summed E-state index contributed by atoms with van der Waals surface area (Å²) in [6, 6.07) is 5.85. The first kappa shape index (κ1) is 9.86. The van der Waals surface area contributed by atoms with Gasteiger partial charge in [-0.15, -0.1) is 0 Å². The fourth-order valence-electron chi connectivity index (χ4n) is 1.25. The van der Waals surface area contributed by atoms with Crippen molar-refractivity contribution in [1.82, 2.24) is 0 Å². The van der Waals surface area contributed by atoms with Crippen LogP contribution in [-0.4, -0.2) is 20.8 Å². The first-order valence-electron chi connectivity index (χ1n) is 4.32. The number of quaternary nitrogens is 1. The number of methoxy groups -OCH3 is 2. The summed E-state index contributed by atoms with van der Waals surface area (Å²) in [6.45, 7) is 0.878. The van der Waals surface area contributed by atoms with Crippen LogP contribution in [0.3, 0.4) is 0 Å². The highest BCUT2D eigenvalue weighted by Gasteiger charge is 2.03. The van der Waals surface area contributed by atoms with Gasteiger partial charge in [-0.05, 0) is 11.6 Å². The predicted molar refractivity (Wildman–Crippen MR) is 51.0 cm³/mol. The van der Waals surface area contributed by atoms with Gasteiger partial charge in [-0.3, -0.25) is 0 Å². The topological polar surface area (TPSA) is 46.1 Å². The molecule has 1 rings (SSSR count). The Balaban J connectivity index is 2.93. The van der Waals surface area contributed by atoms with Crippen molar-refractivity contribution in [3.63, 3.8) is 0 Å². The van der Waals surface area contributed by atoms with Crippen LogP contribution in [0.5, 0.6) is 11.5 Å². The van der Waals surface area contributed by atoms with E-state index in [9.17, 15) is 0 Å². The van der Waals surface area contributed by atoms with Crippen molar-refractivity contribution in [3.05, 3.63) is 23.8 Å². The van der Waals surface area contributed by atoms with Crippen molar-refractivity contribution in [1.29, 1.82) is 0 Å². The van der Waals surface area contributed by atoms with Crippen molar-refractivity contribution >= 4 is 0 Å². The Hall–Kier alpha value is -1.22. The Kier molecular flexibility index (Phi) is 3.58. The van der Waals surface area contributed by atoms with Gasteiger partial charge in [0, 0.05) is 12.5 Å². The highest BCUT2D eigenvalue weighted by atomic mass is 16.5. The Bertz CT molecular complexity index is 274. The summed E-state index contributed by atoms with van der Waals surface area (Å²) >= 11 is 0. The molecule has 0 bridgehead atoms. The van der Waals surface area contributed by atoms with Crippen molar-refractivity contribution < 1.29 is 15.2 Å². The lowest BCUT2D eigenvalue weighted by Crippen LogP contribution is -2.51. The molecule has 0 unspecified atom stereocenters. The lowest BCUT2D eigenvalue weighted by molar-refractivity contribution is -0.366. The molecule has 72 valence electrons. The normalized spacial score (nSPS) is 9.77. The molecule has 0 saturated carbocycles. The maximum atomic E-state index is 5.23. The second-order valence-corrected chi connectivity index (χ2v) is 2.78. The summed E-state index contributed by atoms with van der Waals surface area (Å²) in [6.07, 6.45) is 0.938. The molecule has 0 aliphatic carbocycles. The van der Waals surface area contributed by atoms with Crippen LogP contribution in [-0.2, 0) is 6.42 Å². The summed E-state index contributed by atoms with van der Waals surface area (Å²) in [4.78, 5) is 0. The molecule has 0 fully saturated rings. The predicted octanol–water partition coefficient (Wildman–Crippen LogP) is 0.488. The maximum absolute atomic E-state index is 5.23. The van der Waals surface area contributed by atoms with Crippen molar-refractivity contribution in [3.8, 4) is 11.5 Å². The minimum atomic E-state index is 0.824. The van der Waals surface area contributed by atoms with Gasteiger partial charge >= 0.3 is 0 Å². The van der Waals surface area contributed by atoms with E-state index < -0.39 is 0 Å². The van der Waals surface area contributed by atoms with E-state index in [1.54, 1.807) is 14.2 Å². The summed E-state index contributed by atoms with van der Waals surface area (Å²) in [7, 11) is 3.32. The fourth-order valence-corrected chi connectivity index (χ4v) is 1.25. The second kappa shape index (κ2) is 4.72. The van der Waals surface area contributed by atoms with E-state index in [1.165, 1.54) is 5.56 Å². The summed E-state index contributed by atoms with van der Waals surface area (Å²) in [5.41, 5.74) is 4.99. The molecule has 0 radical (unpaired) electrons. The molecule has 3 heteroatoms. The summed E-state index contributed by atoms with van der Waals surface area (Å²) in [5, 5.41) is 0. The molecular formula is C10H16NO2+. The van der Waals surface area contributed by atoms with Crippen LogP contribution < -0.4 is 15.2 Å². The Morgan fingerprint density at radius 3 is 2.54 bits per heavy atom. The number of hydrogen-bond acceptors (Lipinski definition) is 2. The second-order valence-electron chi connectivity index (χ2n) is 2.78. The van der Waals surface area contributed by atoms with Crippen molar-refractivity contribution in [2.45, 2.75) is 6.42 Å². The monoisotopic (exact) mass is 182 g/mol. The lowest BCUT2D eigenvalue weighted by atomic mass is 10.1. The van der Waals surface area contributed by atoms with Crippen LogP contribution >= 0.6 is 0 Å². The van der Waals surface area contributed by atoms with Crippen LogP contribution in [0.1, 0.15) is 5.56 Å². The molecule has 0 atom stereocenters. The molecule has 3 nitrogen and oxygen atoms in total. The molecule has 1 aromatic rings. The lowest BCUT2D eigenvalue weighted by Gasteiger charge is -2.08. The third-order valence-electron chi connectivity index (χ3n) is 1.94. The van der Waals surface area contributed by atoms with Crippen LogP contribution in [0.15, 0.2) is 18.2 Å². The van der Waals surface area contributed by atoms with E-state index in [0.29, 0.717) is 0 Å². The van der Waals surface area contributed by atoms with Gasteiger partial charge in [0.05, 0.1) is 20.8 Å². The minimum Gasteiger partial charge on any atom is -0.497 e. The van der Waals surface area contributed by atoms with Crippen molar-refractivity contribution in [2.24, 2.45) is 0 Å². The largest absolute Gasteiger partial charge is 0.497 e. The molecule has 0 aliphatic heterocycles. The standard InChI is InChI=1S/C10H15NO2/c1-12-9-4-3-8(5-6-11)10(7-9)13-2/h3-4,7H,5-6,11H2,1-2H3/p+1. The molecule has 1 aromatic carbocycles. The minimum absolute atomic E-state index is 0.824. The maximum Gasteiger partial charge on any atom is 0.125 e. The molecular weight excluding hydrogens is 166 g/mol. The van der Waals surface area contributed by atoms with Gasteiger partial charge in [0.25, 0.3) is 0 Å². The average molecular weight is 182 g/mol. The molecule has 0 aliphatic rings. The van der Waals surface area contributed by atoms with Gasteiger partial charge in [0.15, 0.2) is 0 Å². The molecule has 0 spiro atoms. The first-order valence-corrected chi connectivity index (χ1v) is 4.32. The van der Waals surface area contributed by atoms with E-state index in [4.69, 9.17) is 9.47 Å². The molecule has 0 saturated heterocycles. The van der Waals surface area contributed by atoms with Gasteiger partial charge in [-0.2, -0.15) is 0 Å². The van der Waals surface area contributed by atoms with Gasteiger partial charge < -0.3 is 15.2 Å². The van der Waals surface area contributed by atoms with Crippen molar-refractivity contribution in [2.75, 3.05) is 20.8 Å². The van der Waals surface area contributed by atoms with Gasteiger partial charge in [-0.1, -0.05) is 6.07 Å². The zero-order valence-corrected chi connectivity index (χ0v) is 8.17. The van der Waals surface area contributed by atoms with Gasteiger partial charge in [0.1, 0.15) is 11.5 Å². The highest BCUT2D eigenvalue weighted by molar-refractivity contribution is 5.40. The average Bonchev–Trinajstić information content (AvgIpc) is 2.19. The summed E-state index contributed by atoms with van der Waals surface area (Å²) in [5.74, 6) is 1.70. The Labute approximate surface area is 78.5 Å². The Morgan fingerprint density at radius 1 is 1.23 bits per heavy atom. The van der Waals surface area contributed by atoms with E-state index >= 15 is 0 Å². The number of ether oxygens (including phenoxy) is 2. The molecule has 0 amide bonds. The summed E-state index contributed by atoms with van der Waals surface area (Å²) < 4.78 is 10.3. The smallest absolute Gasteiger partial charge is 0.125 e. The number of benzene rings is 1. The van der Waals surface area contributed by atoms with Crippen LogP contribution in [0, 0.1) is 0 Å². The Morgan fingerprint density at radius 2 is 2.00 bits per heavy atom. The van der Waals surface area contributed by atoms with E-state index in [1.807, 2.05) is 18.2 Å². The third-order valence-corrected chi connectivity index (χ3v) is 1.94.